The van der Waals surface area contributed by atoms with Gasteiger partial charge in [0, 0.05) is 25.4 Å². The van der Waals surface area contributed by atoms with Gasteiger partial charge >= 0.3 is 5.97 Å². The molecule has 3 heterocycles. The number of hydrogen-bond acceptors (Lipinski definition) is 5. The molecule has 1 atom stereocenters. The van der Waals surface area contributed by atoms with E-state index >= 15 is 0 Å². The van der Waals surface area contributed by atoms with E-state index in [1.165, 1.54) is 6.39 Å². The number of likely N-dealkylation sites (tertiary alicyclic amines) is 1. The lowest BCUT2D eigenvalue weighted by Gasteiger charge is -2.41. The minimum absolute atomic E-state index is 0.0123. The Labute approximate surface area is 138 Å². The van der Waals surface area contributed by atoms with Crippen LogP contribution in [0.1, 0.15) is 54.3 Å². The number of carboxylic acids is 1. The molecule has 1 spiro atoms. The van der Waals surface area contributed by atoms with Crippen LogP contribution in [0, 0.1) is 5.92 Å². The van der Waals surface area contributed by atoms with Crippen molar-refractivity contribution in [1.82, 2.24) is 15.2 Å². The Morgan fingerprint density at radius 1 is 1.33 bits per heavy atom. The van der Waals surface area contributed by atoms with Crippen molar-refractivity contribution in [1.29, 1.82) is 0 Å². The van der Waals surface area contributed by atoms with Gasteiger partial charge < -0.3 is 19.7 Å². The van der Waals surface area contributed by atoms with Gasteiger partial charge in [0.25, 0.3) is 5.91 Å². The molecule has 1 saturated carbocycles. The summed E-state index contributed by atoms with van der Waals surface area (Å²) in [6, 6.07) is 0. The van der Waals surface area contributed by atoms with E-state index in [2.05, 4.69) is 10.3 Å². The Balaban J connectivity index is 1.48. The molecule has 8 nitrogen and oxygen atoms in total. The van der Waals surface area contributed by atoms with Crippen LogP contribution in [0.3, 0.4) is 0 Å². The molecular weight excluding hydrogens is 314 g/mol. The van der Waals surface area contributed by atoms with Crippen molar-refractivity contribution in [2.24, 2.45) is 5.92 Å². The molecule has 3 aliphatic rings. The van der Waals surface area contributed by atoms with Crippen molar-refractivity contribution in [3.63, 3.8) is 0 Å². The summed E-state index contributed by atoms with van der Waals surface area (Å²) in [7, 11) is 0. The average molecular weight is 333 g/mol. The first-order valence-corrected chi connectivity index (χ1v) is 8.27. The molecule has 2 aliphatic heterocycles. The fourth-order valence-corrected chi connectivity index (χ4v) is 3.90. The van der Waals surface area contributed by atoms with Gasteiger partial charge in [-0.1, -0.05) is 0 Å². The molecular formula is C16H19N3O5. The molecule has 1 aliphatic carbocycles. The first kappa shape index (κ1) is 15.2. The highest BCUT2D eigenvalue weighted by atomic mass is 16.4. The molecule has 3 fully saturated rings. The van der Waals surface area contributed by atoms with Crippen LogP contribution in [0.15, 0.2) is 10.8 Å². The van der Waals surface area contributed by atoms with Crippen LogP contribution in [-0.4, -0.2) is 51.4 Å². The van der Waals surface area contributed by atoms with Crippen LogP contribution in [-0.2, 0) is 9.59 Å². The molecule has 0 radical (unpaired) electrons. The largest absolute Gasteiger partial charge is 0.481 e. The first-order valence-electron chi connectivity index (χ1n) is 8.27. The van der Waals surface area contributed by atoms with Crippen LogP contribution >= 0.6 is 0 Å². The summed E-state index contributed by atoms with van der Waals surface area (Å²) in [5, 5.41) is 12.2. The summed E-state index contributed by atoms with van der Waals surface area (Å²) in [6.45, 7) is 0.805. The third-order valence-corrected chi connectivity index (χ3v) is 5.43. The standard InChI is InChI=1S/C16H19N3O5/c20-11-7-10(15(22)23)16(18-11)3-5-19(6-4-16)14(21)12-13(9-1-2-9)24-8-17-12/h8-10H,1-7H2,(H,18,20)(H,22,23)/t10-/m0/s1. The van der Waals surface area contributed by atoms with E-state index in [1.54, 1.807) is 4.90 Å². The third kappa shape index (κ3) is 2.37. The van der Waals surface area contributed by atoms with Gasteiger partial charge in [-0.3, -0.25) is 14.4 Å². The Hall–Kier alpha value is -2.38. The lowest BCUT2D eigenvalue weighted by Crippen LogP contribution is -2.56. The normalized spacial score (nSPS) is 25.8. The highest BCUT2D eigenvalue weighted by Gasteiger charge is 2.52. The molecule has 4 rings (SSSR count). The van der Waals surface area contributed by atoms with Gasteiger partial charge in [-0.2, -0.15) is 0 Å². The molecule has 2 saturated heterocycles. The van der Waals surface area contributed by atoms with E-state index in [9.17, 15) is 19.5 Å². The number of amides is 2. The lowest BCUT2D eigenvalue weighted by atomic mass is 9.77. The maximum absolute atomic E-state index is 12.7. The smallest absolute Gasteiger partial charge is 0.309 e. The fourth-order valence-electron chi connectivity index (χ4n) is 3.90. The molecule has 1 aromatic rings. The van der Waals surface area contributed by atoms with Crippen LogP contribution in [0.4, 0.5) is 0 Å². The van der Waals surface area contributed by atoms with E-state index in [0.717, 1.165) is 12.8 Å². The van der Waals surface area contributed by atoms with E-state index in [1.807, 2.05) is 0 Å². The zero-order chi connectivity index (χ0) is 16.9. The quantitative estimate of drug-likeness (QED) is 0.844. The maximum Gasteiger partial charge on any atom is 0.309 e. The summed E-state index contributed by atoms with van der Waals surface area (Å²) in [5.74, 6) is -1.12. The maximum atomic E-state index is 12.7. The Morgan fingerprint density at radius 2 is 2.04 bits per heavy atom. The summed E-state index contributed by atoms with van der Waals surface area (Å²) >= 11 is 0. The van der Waals surface area contributed by atoms with E-state index < -0.39 is 17.4 Å². The summed E-state index contributed by atoms with van der Waals surface area (Å²) in [4.78, 5) is 41.6. The minimum Gasteiger partial charge on any atom is -0.481 e. The van der Waals surface area contributed by atoms with Gasteiger partial charge in [0.05, 0.1) is 11.5 Å². The SMILES string of the molecule is O=C1C[C@@H](C(=O)O)C2(CCN(C(=O)c3ncoc3C3CC3)CC2)N1. The number of carbonyl (C=O) groups excluding carboxylic acids is 2. The molecule has 8 heteroatoms. The number of hydrogen-bond donors (Lipinski definition) is 2. The number of carboxylic acid groups (broad SMARTS) is 1. The topological polar surface area (TPSA) is 113 Å². The van der Waals surface area contributed by atoms with E-state index in [0.29, 0.717) is 43.3 Å². The molecule has 128 valence electrons. The molecule has 2 N–H and O–H groups in total. The van der Waals surface area contributed by atoms with Gasteiger partial charge in [-0.05, 0) is 25.7 Å². The number of nitrogens with one attached hydrogen (secondary N) is 1. The Bertz CT molecular complexity index is 700. The van der Waals surface area contributed by atoms with E-state index in [-0.39, 0.29) is 18.2 Å². The lowest BCUT2D eigenvalue weighted by molar-refractivity contribution is -0.144. The second-order valence-electron chi connectivity index (χ2n) is 6.93. The predicted molar refractivity (Wildman–Crippen MR) is 80.2 cm³/mol. The van der Waals surface area contributed by atoms with Crippen LogP contribution < -0.4 is 5.32 Å². The van der Waals surface area contributed by atoms with Crippen molar-refractivity contribution in [3.8, 4) is 0 Å². The second kappa shape index (κ2) is 5.32. The zero-order valence-corrected chi connectivity index (χ0v) is 13.2. The monoisotopic (exact) mass is 333 g/mol. The minimum atomic E-state index is -0.958. The summed E-state index contributed by atoms with van der Waals surface area (Å²) in [5.41, 5.74) is -0.360. The van der Waals surface area contributed by atoms with Gasteiger partial charge in [0.1, 0.15) is 5.76 Å². The van der Waals surface area contributed by atoms with Crippen molar-refractivity contribution < 1.29 is 23.9 Å². The molecule has 0 unspecified atom stereocenters. The van der Waals surface area contributed by atoms with E-state index in [4.69, 9.17) is 4.42 Å². The van der Waals surface area contributed by atoms with Gasteiger partial charge in [-0.15, -0.1) is 0 Å². The van der Waals surface area contributed by atoms with Crippen molar-refractivity contribution in [2.45, 2.75) is 43.6 Å². The predicted octanol–water partition coefficient (Wildman–Crippen LogP) is 0.747. The number of piperidine rings is 1. The second-order valence-corrected chi connectivity index (χ2v) is 6.93. The Morgan fingerprint density at radius 3 is 2.67 bits per heavy atom. The molecule has 0 bridgehead atoms. The highest BCUT2D eigenvalue weighted by Crippen LogP contribution is 2.42. The van der Waals surface area contributed by atoms with Crippen LogP contribution in [0.25, 0.3) is 0 Å². The zero-order valence-electron chi connectivity index (χ0n) is 13.2. The number of aliphatic carboxylic acids is 1. The van der Waals surface area contributed by atoms with Gasteiger partial charge in [0.15, 0.2) is 12.1 Å². The third-order valence-electron chi connectivity index (χ3n) is 5.43. The average Bonchev–Trinajstić information content (AvgIpc) is 3.19. The number of oxazole rings is 1. The van der Waals surface area contributed by atoms with Crippen molar-refractivity contribution in [2.75, 3.05) is 13.1 Å². The molecule has 2 amide bonds. The van der Waals surface area contributed by atoms with Gasteiger partial charge in [0.2, 0.25) is 5.91 Å². The number of rotatable bonds is 3. The number of nitrogens with zero attached hydrogens (tertiary/aromatic N) is 2. The molecule has 1 aromatic heterocycles. The fraction of sp³-hybridized carbons (Fsp3) is 0.625. The summed E-state index contributed by atoms with van der Waals surface area (Å²) in [6.07, 6.45) is 4.24. The van der Waals surface area contributed by atoms with Crippen LogP contribution in [0.2, 0.25) is 0 Å². The van der Waals surface area contributed by atoms with Crippen LogP contribution in [0.5, 0.6) is 0 Å². The highest BCUT2D eigenvalue weighted by molar-refractivity contribution is 5.94. The summed E-state index contributed by atoms with van der Waals surface area (Å²) < 4.78 is 5.36. The Kier molecular flexibility index (Phi) is 3.36. The number of aromatic nitrogens is 1. The molecule has 24 heavy (non-hydrogen) atoms. The number of carbonyl (C=O) groups is 3. The van der Waals surface area contributed by atoms with Crippen molar-refractivity contribution in [3.05, 3.63) is 17.8 Å². The van der Waals surface area contributed by atoms with Crippen molar-refractivity contribution >= 4 is 17.8 Å². The van der Waals surface area contributed by atoms with Gasteiger partial charge in [-0.25, -0.2) is 4.98 Å². The first-order chi connectivity index (χ1) is 11.5. The molecule has 0 aromatic carbocycles.